The number of fused-ring (bicyclic) bond motifs is 2. The predicted octanol–water partition coefficient (Wildman–Crippen LogP) is 4.67. The lowest BCUT2D eigenvalue weighted by Gasteiger charge is -2.08. The van der Waals surface area contributed by atoms with E-state index >= 15 is 0 Å². The molecule has 4 aromatic carbocycles. The average molecular weight is 713 g/mol. The number of carbonyl (C=O) groups is 1. The molecule has 0 spiro atoms. The highest BCUT2D eigenvalue weighted by Gasteiger charge is 2.18. The minimum atomic E-state index is -3.85. The van der Waals surface area contributed by atoms with E-state index in [4.69, 9.17) is 33.6 Å². The Morgan fingerprint density at radius 1 is 0.633 bits per heavy atom. The van der Waals surface area contributed by atoms with Crippen LogP contribution in [0, 0.1) is 0 Å². The molecule has 2 aliphatic rings. The van der Waals surface area contributed by atoms with E-state index in [1.807, 2.05) is 6.07 Å². The first kappa shape index (κ1) is 36.7. The quantitative estimate of drug-likeness (QED) is 0.208. The molecule has 2 heterocycles. The second kappa shape index (κ2) is 17.3. The van der Waals surface area contributed by atoms with Gasteiger partial charge in [0, 0.05) is 30.5 Å². The topological polar surface area (TPSA) is 179 Å². The van der Waals surface area contributed by atoms with E-state index in [0.717, 1.165) is 19.1 Å². The number of hydrogen-bond donors (Lipinski definition) is 1. The Balaban J connectivity index is 0.000000184. The number of nitrogens with zero attached hydrogens (tertiary/aromatic N) is 1. The fourth-order valence-electron chi connectivity index (χ4n) is 4.35. The maximum absolute atomic E-state index is 12.4. The zero-order chi connectivity index (χ0) is 35.3. The Morgan fingerprint density at radius 2 is 1.08 bits per heavy atom. The molecule has 0 saturated carbocycles. The maximum atomic E-state index is 12.4. The lowest BCUT2D eigenvalue weighted by molar-refractivity contribution is 0.112. The summed E-state index contributed by atoms with van der Waals surface area (Å²) in [4.78, 5) is 10.4. The van der Waals surface area contributed by atoms with Crippen LogP contribution in [0.2, 0.25) is 0 Å². The molecule has 0 bridgehead atoms. The van der Waals surface area contributed by atoms with Crippen molar-refractivity contribution in [2.24, 2.45) is 9.54 Å². The molecule has 0 radical (unpaired) electrons. The van der Waals surface area contributed by atoms with Gasteiger partial charge in [-0.2, -0.15) is 12.8 Å². The van der Waals surface area contributed by atoms with Crippen LogP contribution < -0.4 is 33.6 Å². The molecule has 0 aliphatic carbocycles. The van der Waals surface area contributed by atoms with Gasteiger partial charge in [0.05, 0.1) is 62.2 Å². The van der Waals surface area contributed by atoms with E-state index in [9.17, 15) is 21.6 Å². The zero-order valence-electron chi connectivity index (χ0n) is 26.8. The van der Waals surface area contributed by atoms with Crippen molar-refractivity contribution in [2.75, 3.05) is 40.6 Å². The van der Waals surface area contributed by atoms with Crippen molar-refractivity contribution in [1.82, 2.24) is 0 Å². The number of carbonyl (C=O) groups excluding carboxylic acids is 1. The van der Waals surface area contributed by atoms with Crippen molar-refractivity contribution in [3.63, 3.8) is 0 Å². The number of ether oxygens (including phenoxy) is 6. The molecule has 49 heavy (non-hydrogen) atoms. The number of nitrogens with two attached hydrogens (primary N) is 1. The van der Waals surface area contributed by atoms with Crippen molar-refractivity contribution in [2.45, 2.75) is 22.6 Å². The Kier molecular flexibility index (Phi) is 13.0. The number of sulfonamides is 2. The Bertz CT molecular complexity index is 1980. The third-order valence-electron chi connectivity index (χ3n) is 6.80. The highest BCUT2D eigenvalue weighted by atomic mass is 32.2. The SMILES string of the molecule is COc1ccccc1C=NS(=O)(=O)c1ccc2c(c1)OCCCO2.COc1ccccc1C=O.NS(=O)(=O)c1ccc2c(c1)OCCCO2. The van der Waals surface area contributed by atoms with E-state index < -0.39 is 20.0 Å². The fraction of sp³-hybridized carbons (Fsp3) is 0.235. The van der Waals surface area contributed by atoms with Crippen LogP contribution in [0.25, 0.3) is 0 Å². The summed E-state index contributed by atoms with van der Waals surface area (Å²) in [6.45, 7) is 2.12. The number of aldehydes is 1. The monoisotopic (exact) mass is 712 g/mol. The van der Waals surface area contributed by atoms with Crippen molar-refractivity contribution in [1.29, 1.82) is 0 Å². The molecule has 2 N–H and O–H groups in total. The third kappa shape index (κ3) is 10.4. The molecule has 0 unspecified atom stereocenters. The molecular formula is C34H36N2O11S2. The lowest BCUT2D eigenvalue weighted by atomic mass is 10.2. The molecule has 260 valence electrons. The fourth-order valence-corrected chi connectivity index (χ4v) is 5.75. The van der Waals surface area contributed by atoms with Crippen LogP contribution >= 0.6 is 0 Å². The van der Waals surface area contributed by atoms with E-state index in [2.05, 4.69) is 4.40 Å². The summed E-state index contributed by atoms with van der Waals surface area (Å²) in [5.74, 6) is 3.12. The van der Waals surface area contributed by atoms with Crippen molar-refractivity contribution >= 4 is 32.5 Å². The van der Waals surface area contributed by atoms with E-state index in [1.54, 1.807) is 61.7 Å². The van der Waals surface area contributed by atoms with Gasteiger partial charge in [0.15, 0.2) is 29.3 Å². The van der Waals surface area contributed by atoms with Gasteiger partial charge in [0.2, 0.25) is 10.0 Å². The predicted molar refractivity (Wildman–Crippen MR) is 182 cm³/mol. The molecule has 0 atom stereocenters. The van der Waals surface area contributed by atoms with Crippen molar-refractivity contribution < 1.29 is 50.1 Å². The Hall–Kier alpha value is -5.12. The molecular weight excluding hydrogens is 677 g/mol. The van der Waals surface area contributed by atoms with Crippen LogP contribution in [-0.4, -0.2) is 70.0 Å². The number of hydrogen-bond acceptors (Lipinski definition) is 11. The normalized spacial score (nSPS) is 13.7. The van der Waals surface area contributed by atoms with Crippen LogP contribution in [0.5, 0.6) is 34.5 Å². The summed E-state index contributed by atoms with van der Waals surface area (Å²) in [7, 11) is -4.47. The van der Waals surface area contributed by atoms with Gasteiger partial charge in [-0.25, -0.2) is 13.6 Å². The number of rotatable bonds is 7. The van der Waals surface area contributed by atoms with Gasteiger partial charge in [0.25, 0.3) is 10.0 Å². The molecule has 0 fully saturated rings. The molecule has 0 saturated heterocycles. The van der Waals surface area contributed by atoms with Gasteiger partial charge < -0.3 is 28.4 Å². The highest BCUT2D eigenvalue weighted by Crippen LogP contribution is 2.33. The molecule has 0 amide bonds. The summed E-state index contributed by atoms with van der Waals surface area (Å²) >= 11 is 0. The summed E-state index contributed by atoms with van der Waals surface area (Å²) < 4.78 is 82.6. The minimum absolute atomic E-state index is 0.0340. The Morgan fingerprint density at radius 3 is 1.57 bits per heavy atom. The van der Waals surface area contributed by atoms with Crippen LogP contribution in [0.3, 0.4) is 0 Å². The summed E-state index contributed by atoms with van der Waals surface area (Å²) in [6, 6.07) is 23.0. The molecule has 2 aliphatic heterocycles. The van der Waals surface area contributed by atoms with Gasteiger partial charge in [-0.15, -0.1) is 0 Å². The minimum Gasteiger partial charge on any atom is -0.496 e. The van der Waals surface area contributed by atoms with E-state index in [-0.39, 0.29) is 9.79 Å². The van der Waals surface area contributed by atoms with Crippen LogP contribution in [0.15, 0.2) is 99.1 Å². The number of benzene rings is 4. The van der Waals surface area contributed by atoms with E-state index in [1.165, 1.54) is 37.6 Å². The third-order valence-corrected chi connectivity index (χ3v) is 8.94. The highest BCUT2D eigenvalue weighted by molar-refractivity contribution is 7.90. The van der Waals surface area contributed by atoms with Gasteiger partial charge in [-0.1, -0.05) is 24.3 Å². The molecule has 0 aromatic heterocycles. The first-order valence-corrected chi connectivity index (χ1v) is 17.9. The largest absolute Gasteiger partial charge is 0.496 e. The van der Waals surface area contributed by atoms with Gasteiger partial charge in [-0.3, -0.25) is 4.79 Å². The maximum Gasteiger partial charge on any atom is 0.282 e. The molecule has 4 aromatic rings. The number of methoxy groups -OCH3 is 2. The Labute approximate surface area is 285 Å². The van der Waals surface area contributed by atoms with Gasteiger partial charge >= 0.3 is 0 Å². The van der Waals surface area contributed by atoms with Crippen molar-refractivity contribution in [3.05, 3.63) is 96.1 Å². The van der Waals surface area contributed by atoms with Crippen molar-refractivity contribution in [3.8, 4) is 34.5 Å². The van der Waals surface area contributed by atoms with Crippen LogP contribution in [-0.2, 0) is 20.0 Å². The van der Waals surface area contributed by atoms with Crippen LogP contribution in [0.1, 0.15) is 28.8 Å². The second-order valence-electron chi connectivity index (χ2n) is 10.2. The number of primary sulfonamides is 1. The van der Waals surface area contributed by atoms with Gasteiger partial charge in [-0.05, 0) is 48.5 Å². The number of para-hydroxylation sites is 2. The molecule has 13 nitrogen and oxygen atoms in total. The zero-order valence-corrected chi connectivity index (χ0v) is 28.4. The summed E-state index contributed by atoms with van der Waals surface area (Å²) in [5.41, 5.74) is 1.17. The molecule has 6 rings (SSSR count). The lowest BCUT2D eigenvalue weighted by Crippen LogP contribution is -2.12. The first-order valence-electron chi connectivity index (χ1n) is 14.9. The smallest absolute Gasteiger partial charge is 0.282 e. The first-order chi connectivity index (χ1) is 23.6. The molecule has 15 heteroatoms. The summed E-state index contributed by atoms with van der Waals surface area (Å²) in [6.07, 6.45) is 3.58. The summed E-state index contributed by atoms with van der Waals surface area (Å²) in [5, 5.41) is 5.00. The van der Waals surface area contributed by atoms with Crippen LogP contribution in [0.4, 0.5) is 0 Å². The average Bonchev–Trinajstić information content (AvgIpc) is 3.51. The van der Waals surface area contributed by atoms with E-state index in [0.29, 0.717) is 72.1 Å². The second-order valence-corrected chi connectivity index (χ2v) is 13.4. The standard InChI is InChI=1S/C17H17NO5S.C9H11NO4S.C8H8O2/c1-21-15-6-3-2-5-13(15)12-18-24(19,20)14-7-8-16-17(11-14)23-10-4-9-22-16;10-15(11,12)7-2-3-8-9(6-7)14-5-1-4-13-8;1-10-8-5-3-2-4-7(8)6-9/h2-3,5-8,11-12H,4,9-10H2,1H3;2-3,6H,1,4-5H2,(H2,10,11,12);2-6H,1H3. The van der Waals surface area contributed by atoms with Gasteiger partial charge in [0.1, 0.15) is 11.5 Å².